The largest absolute Gasteiger partial charge is 0.369 e. The first-order valence-corrected chi connectivity index (χ1v) is 8.72. The standard InChI is InChI=1S/C10H16N2O3S2/c1-16(13)8-4-7-12-10-9(17(2,14)15)5-3-6-11-10/h3,5-6H,4,7-8H2,1-2H3,(H,11,12). The molecule has 0 saturated carbocycles. The van der Waals surface area contributed by atoms with Gasteiger partial charge in [-0.05, 0) is 18.6 Å². The second-order valence-electron chi connectivity index (χ2n) is 3.68. The highest BCUT2D eigenvalue weighted by Gasteiger charge is 2.13. The quantitative estimate of drug-likeness (QED) is 0.773. The average molecular weight is 276 g/mol. The normalized spacial score (nSPS) is 13.3. The third kappa shape index (κ3) is 4.82. The summed E-state index contributed by atoms with van der Waals surface area (Å²) in [7, 11) is -4.10. The van der Waals surface area contributed by atoms with Gasteiger partial charge in [-0.25, -0.2) is 13.4 Å². The van der Waals surface area contributed by atoms with E-state index in [-0.39, 0.29) is 4.90 Å². The lowest BCUT2D eigenvalue weighted by molar-refractivity contribution is 0.601. The van der Waals surface area contributed by atoms with Crippen LogP contribution < -0.4 is 5.32 Å². The van der Waals surface area contributed by atoms with Gasteiger partial charge in [0.15, 0.2) is 9.84 Å². The second-order valence-corrected chi connectivity index (χ2v) is 7.22. The van der Waals surface area contributed by atoms with E-state index >= 15 is 0 Å². The van der Waals surface area contributed by atoms with Crippen LogP contribution in [0.1, 0.15) is 6.42 Å². The first-order valence-electron chi connectivity index (χ1n) is 5.10. The molecule has 0 radical (unpaired) electrons. The van der Waals surface area contributed by atoms with Crippen molar-refractivity contribution in [1.29, 1.82) is 0 Å². The molecule has 0 aromatic carbocycles. The Morgan fingerprint density at radius 1 is 1.47 bits per heavy atom. The van der Waals surface area contributed by atoms with Crippen molar-refractivity contribution in [2.45, 2.75) is 11.3 Å². The van der Waals surface area contributed by atoms with E-state index < -0.39 is 20.6 Å². The molecule has 1 aromatic heterocycles. The molecule has 0 fully saturated rings. The first kappa shape index (κ1) is 14.1. The Kier molecular flexibility index (Phi) is 5.07. The number of nitrogens with one attached hydrogen (secondary N) is 1. The van der Waals surface area contributed by atoms with E-state index in [0.29, 0.717) is 24.5 Å². The van der Waals surface area contributed by atoms with Gasteiger partial charge in [0, 0.05) is 41.8 Å². The van der Waals surface area contributed by atoms with Crippen molar-refractivity contribution >= 4 is 26.5 Å². The third-order valence-corrected chi connectivity index (χ3v) is 4.06. The maximum absolute atomic E-state index is 11.5. The zero-order valence-corrected chi connectivity index (χ0v) is 11.5. The molecule has 0 spiro atoms. The van der Waals surface area contributed by atoms with Gasteiger partial charge in [-0.3, -0.25) is 4.21 Å². The Morgan fingerprint density at radius 2 is 2.18 bits per heavy atom. The Morgan fingerprint density at radius 3 is 2.76 bits per heavy atom. The SMILES string of the molecule is CS(=O)CCCNc1ncccc1S(C)(=O)=O. The lowest BCUT2D eigenvalue weighted by Gasteiger charge is -2.08. The third-order valence-electron chi connectivity index (χ3n) is 2.07. The van der Waals surface area contributed by atoms with E-state index in [1.807, 2.05) is 0 Å². The van der Waals surface area contributed by atoms with Crippen molar-refractivity contribution in [2.24, 2.45) is 0 Å². The number of anilines is 1. The van der Waals surface area contributed by atoms with Crippen molar-refractivity contribution in [1.82, 2.24) is 4.98 Å². The Hall–Kier alpha value is -0.950. The molecular formula is C10H16N2O3S2. The predicted octanol–water partition coefficient (Wildman–Crippen LogP) is 0.666. The number of pyridine rings is 1. The minimum atomic E-state index is -3.27. The molecule has 1 N–H and O–H groups in total. The zero-order chi connectivity index (χ0) is 12.9. The Labute approximate surface area is 104 Å². The number of rotatable bonds is 6. The molecule has 0 aliphatic rings. The van der Waals surface area contributed by atoms with Crippen LogP contribution in [-0.4, -0.2) is 42.4 Å². The van der Waals surface area contributed by atoms with Gasteiger partial charge in [-0.2, -0.15) is 0 Å². The van der Waals surface area contributed by atoms with Crippen LogP contribution >= 0.6 is 0 Å². The van der Waals surface area contributed by atoms with E-state index in [0.717, 1.165) is 6.26 Å². The van der Waals surface area contributed by atoms with Gasteiger partial charge >= 0.3 is 0 Å². The molecule has 1 atom stereocenters. The van der Waals surface area contributed by atoms with Crippen molar-refractivity contribution in [3.05, 3.63) is 18.3 Å². The highest BCUT2D eigenvalue weighted by atomic mass is 32.2. The smallest absolute Gasteiger partial charge is 0.179 e. The van der Waals surface area contributed by atoms with Gasteiger partial charge in [0.2, 0.25) is 0 Å². The van der Waals surface area contributed by atoms with Crippen molar-refractivity contribution in [2.75, 3.05) is 30.1 Å². The molecular weight excluding hydrogens is 260 g/mol. The molecule has 0 aliphatic carbocycles. The van der Waals surface area contributed by atoms with Crippen LogP contribution in [0.4, 0.5) is 5.82 Å². The van der Waals surface area contributed by atoms with Crippen molar-refractivity contribution in [3.63, 3.8) is 0 Å². The number of hydrogen-bond acceptors (Lipinski definition) is 5. The molecule has 17 heavy (non-hydrogen) atoms. The maximum atomic E-state index is 11.5. The Balaban J connectivity index is 2.68. The summed E-state index contributed by atoms with van der Waals surface area (Å²) in [6, 6.07) is 3.10. The van der Waals surface area contributed by atoms with Crippen LogP contribution in [0.5, 0.6) is 0 Å². The molecule has 1 unspecified atom stereocenters. The molecule has 1 aromatic rings. The van der Waals surface area contributed by atoms with Gasteiger partial charge in [-0.1, -0.05) is 0 Å². The molecule has 0 bridgehead atoms. The summed E-state index contributed by atoms with van der Waals surface area (Å²) >= 11 is 0. The first-order chi connectivity index (χ1) is 7.91. The van der Waals surface area contributed by atoms with Crippen LogP contribution in [0.2, 0.25) is 0 Å². The van der Waals surface area contributed by atoms with E-state index in [9.17, 15) is 12.6 Å². The summed E-state index contributed by atoms with van der Waals surface area (Å²) in [5.41, 5.74) is 0. The number of aromatic nitrogens is 1. The predicted molar refractivity (Wildman–Crippen MR) is 69.4 cm³/mol. The highest BCUT2D eigenvalue weighted by Crippen LogP contribution is 2.17. The fourth-order valence-corrected chi connectivity index (χ4v) is 2.66. The molecule has 0 amide bonds. The fraction of sp³-hybridized carbons (Fsp3) is 0.500. The van der Waals surface area contributed by atoms with E-state index in [4.69, 9.17) is 0 Å². The summed E-state index contributed by atoms with van der Waals surface area (Å²) in [6.07, 6.45) is 5.04. The van der Waals surface area contributed by atoms with Crippen LogP contribution in [0.15, 0.2) is 23.2 Å². The topological polar surface area (TPSA) is 76.1 Å². The van der Waals surface area contributed by atoms with Gasteiger partial charge in [0.25, 0.3) is 0 Å². The summed E-state index contributed by atoms with van der Waals surface area (Å²) in [6.45, 7) is 0.555. The molecule has 1 rings (SSSR count). The lowest BCUT2D eigenvalue weighted by atomic mass is 10.4. The molecule has 0 saturated heterocycles. The minimum Gasteiger partial charge on any atom is -0.369 e. The number of sulfone groups is 1. The summed E-state index contributed by atoms with van der Waals surface area (Å²) in [4.78, 5) is 4.19. The van der Waals surface area contributed by atoms with Crippen molar-refractivity contribution in [3.8, 4) is 0 Å². The monoisotopic (exact) mass is 276 g/mol. The van der Waals surface area contributed by atoms with Crippen LogP contribution in [0.25, 0.3) is 0 Å². The summed E-state index contributed by atoms with van der Waals surface area (Å²) in [5, 5.41) is 2.95. The molecule has 1 heterocycles. The van der Waals surface area contributed by atoms with Crippen LogP contribution in [0, 0.1) is 0 Å². The number of nitrogens with zero attached hydrogens (tertiary/aromatic N) is 1. The van der Waals surface area contributed by atoms with Gasteiger partial charge in [0.1, 0.15) is 10.7 Å². The molecule has 96 valence electrons. The highest BCUT2D eigenvalue weighted by molar-refractivity contribution is 7.90. The summed E-state index contributed by atoms with van der Waals surface area (Å²) in [5.74, 6) is 0.950. The van der Waals surface area contributed by atoms with E-state index in [1.54, 1.807) is 12.3 Å². The van der Waals surface area contributed by atoms with Gasteiger partial charge in [-0.15, -0.1) is 0 Å². The maximum Gasteiger partial charge on any atom is 0.179 e. The molecule has 5 nitrogen and oxygen atoms in total. The lowest BCUT2D eigenvalue weighted by Crippen LogP contribution is -2.11. The summed E-state index contributed by atoms with van der Waals surface area (Å²) < 4.78 is 33.8. The average Bonchev–Trinajstić information content (AvgIpc) is 2.23. The fourth-order valence-electron chi connectivity index (χ4n) is 1.30. The Bertz CT molecular complexity index is 500. The number of hydrogen-bond donors (Lipinski definition) is 1. The van der Waals surface area contributed by atoms with Crippen LogP contribution in [-0.2, 0) is 20.6 Å². The van der Waals surface area contributed by atoms with Gasteiger partial charge in [0.05, 0.1) is 0 Å². The minimum absolute atomic E-state index is 0.192. The molecule has 0 aliphatic heterocycles. The molecule has 7 heteroatoms. The van der Waals surface area contributed by atoms with E-state index in [2.05, 4.69) is 10.3 Å². The van der Waals surface area contributed by atoms with Gasteiger partial charge < -0.3 is 5.32 Å². The second kappa shape index (κ2) is 6.11. The van der Waals surface area contributed by atoms with E-state index in [1.165, 1.54) is 12.3 Å². The zero-order valence-electron chi connectivity index (χ0n) is 9.84. The van der Waals surface area contributed by atoms with Crippen LogP contribution in [0.3, 0.4) is 0 Å². The van der Waals surface area contributed by atoms with Crippen molar-refractivity contribution < 1.29 is 12.6 Å².